The molecule has 86 valence electrons. The molecule has 0 saturated carbocycles. The van der Waals surface area contributed by atoms with Crippen LogP contribution in [-0.2, 0) is 4.74 Å². The fourth-order valence-corrected chi connectivity index (χ4v) is 2.74. The second-order valence-electron chi connectivity index (χ2n) is 4.64. The fourth-order valence-electron chi connectivity index (χ4n) is 2.74. The van der Waals surface area contributed by atoms with Gasteiger partial charge in [-0.2, -0.15) is 0 Å². The van der Waals surface area contributed by atoms with Crippen molar-refractivity contribution in [2.24, 2.45) is 0 Å². The van der Waals surface area contributed by atoms with Crippen LogP contribution in [0.5, 0.6) is 0 Å². The lowest BCUT2D eigenvalue weighted by molar-refractivity contribution is -0.00307. The second-order valence-corrected chi connectivity index (χ2v) is 4.64. The van der Waals surface area contributed by atoms with Crippen molar-refractivity contribution in [1.82, 2.24) is 4.90 Å². The summed E-state index contributed by atoms with van der Waals surface area (Å²) in [6, 6.07) is 0.696. The molecular formula is C13H23NO. The number of allylic oxidation sites excluding steroid dienone is 1. The highest BCUT2D eigenvalue weighted by Gasteiger charge is 2.25. The molecule has 1 saturated heterocycles. The number of nitrogens with zero attached hydrogens (tertiary/aromatic N) is 1. The van der Waals surface area contributed by atoms with Crippen LogP contribution in [0.4, 0.5) is 0 Å². The predicted octanol–water partition coefficient (Wildman–Crippen LogP) is 2.60. The minimum atomic E-state index is 0.485. The monoisotopic (exact) mass is 209 g/mol. The summed E-state index contributed by atoms with van der Waals surface area (Å²) in [5.74, 6) is 0. The van der Waals surface area contributed by atoms with Crippen LogP contribution in [-0.4, -0.2) is 36.7 Å². The molecule has 0 amide bonds. The smallest absolute Gasteiger partial charge is 0.0702 e. The number of rotatable bonds is 3. The van der Waals surface area contributed by atoms with E-state index in [4.69, 9.17) is 4.74 Å². The lowest BCUT2D eigenvalue weighted by Crippen LogP contribution is -2.45. The first-order valence-electron chi connectivity index (χ1n) is 6.42. The Bertz CT molecular complexity index is 213. The highest BCUT2D eigenvalue weighted by atomic mass is 16.5. The van der Waals surface area contributed by atoms with Gasteiger partial charge >= 0.3 is 0 Å². The average Bonchev–Trinajstić information content (AvgIpc) is 2.31. The SMILES string of the molecule is CCO[C@@H]1CCCN([C@H]2C=CCCC2)C1. The molecule has 2 aliphatic rings. The Balaban J connectivity index is 1.85. The summed E-state index contributed by atoms with van der Waals surface area (Å²) in [5.41, 5.74) is 0. The molecule has 0 bridgehead atoms. The maximum absolute atomic E-state index is 5.74. The van der Waals surface area contributed by atoms with E-state index in [9.17, 15) is 0 Å². The Labute approximate surface area is 93.3 Å². The summed E-state index contributed by atoms with van der Waals surface area (Å²) in [5, 5.41) is 0. The summed E-state index contributed by atoms with van der Waals surface area (Å²) in [7, 11) is 0. The maximum Gasteiger partial charge on any atom is 0.0702 e. The fraction of sp³-hybridized carbons (Fsp3) is 0.846. The molecule has 1 fully saturated rings. The Morgan fingerprint density at radius 1 is 1.33 bits per heavy atom. The lowest BCUT2D eigenvalue weighted by Gasteiger charge is -2.37. The molecule has 0 spiro atoms. The number of ether oxygens (including phenoxy) is 1. The molecule has 15 heavy (non-hydrogen) atoms. The van der Waals surface area contributed by atoms with Gasteiger partial charge in [-0.15, -0.1) is 0 Å². The van der Waals surface area contributed by atoms with Gasteiger partial charge < -0.3 is 4.74 Å². The van der Waals surface area contributed by atoms with Gasteiger partial charge in [-0.05, 0) is 45.6 Å². The van der Waals surface area contributed by atoms with E-state index in [1.54, 1.807) is 0 Å². The van der Waals surface area contributed by atoms with E-state index in [-0.39, 0.29) is 0 Å². The van der Waals surface area contributed by atoms with E-state index in [1.165, 1.54) is 38.6 Å². The predicted molar refractivity (Wildman–Crippen MR) is 63.0 cm³/mol. The molecule has 1 aliphatic carbocycles. The maximum atomic E-state index is 5.74. The molecule has 0 aromatic rings. The van der Waals surface area contributed by atoms with Crippen LogP contribution in [0.25, 0.3) is 0 Å². The molecule has 0 unspecified atom stereocenters. The molecule has 0 radical (unpaired) electrons. The Kier molecular flexibility index (Phi) is 4.21. The first-order chi connectivity index (χ1) is 7.40. The molecule has 2 rings (SSSR count). The zero-order valence-corrected chi connectivity index (χ0v) is 9.82. The Hall–Kier alpha value is -0.340. The van der Waals surface area contributed by atoms with E-state index in [0.29, 0.717) is 12.1 Å². The standard InChI is InChI=1S/C13H23NO/c1-2-15-13-9-6-10-14(11-13)12-7-4-3-5-8-12/h4,7,12-13H,2-3,5-6,8-11H2,1H3/t12-,13+/m0/s1. The van der Waals surface area contributed by atoms with Crippen LogP contribution in [0.2, 0.25) is 0 Å². The highest BCUT2D eigenvalue weighted by molar-refractivity contribution is 4.99. The largest absolute Gasteiger partial charge is 0.377 e. The summed E-state index contributed by atoms with van der Waals surface area (Å²) in [4.78, 5) is 2.61. The normalized spacial score (nSPS) is 33.1. The van der Waals surface area contributed by atoms with Crippen LogP contribution >= 0.6 is 0 Å². The van der Waals surface area contributed by atoms with Gasteiger partial charge in [0.2, 0.25) is 0 Å². The molecular weight excluding hydrogens is 186 g/mol. The van der Waals surface area contributed by atoms with E-state index in [2.05, 4.69) is 24.0 Å². The molecule has 1 aliphatic heterocycles. The van der Waals surface area contributed by atoms with Crippen molar-refractivity contribution in [3.05, 3.63) is 12.2 Å². The topological polar surface area (TPSA) is 12.5 Å². The molecule has 1 heterocycles. The molecule has 2 heteroatoms. The van der Waals surface area contributed by atoms with Crippen LogP contribution in [0, 0.1) is 0 Å². The summed E-state index contributed by atoms with van der Waals surface area (Å²) in [6.45, 7) is 5.36. The van der Waals surface area contributed by atoms with Gasteiger partial charge in [-0.3, -0.25) is 4.90 Å². The minimum absolute atomic E-state index is 0.485. The van der Waals surface area contributed by atoms with Crippen LogP contribution in [0.1, 0.15) is 39.0 Å². The zero-order valence-electron chi connectivity index (χ0n) is 9.82. The Morgan fingerprint density at radius 2 is 2.27 bits per heavy atom. The quantitative estimate of drug-likeness (QED) is 0.662. The van der Waals surface area contributed by atoms with E-state index >= 15 is 0 Å². The summed E-state index contributed by atoms with van der Waals surface area (Å²) in [6.07, 6.45) is 11.8. The summed E-state index contributed by atoms with van der Waals surface area (Å²) >= 11 is 0. The minimum Gasteiger partial charge on any atom is -0.377 e. The van der Waals surface area contributed by atoms with E-state index < -0.39 is 0 Å². The number of hydrogen-bond donors (Lipinski definition) is 0. The first-order valence-corrected chi connectivity index (χ1v) is 6.42. The van der Waals surface area contributed by atoms with Crippen molar-refractivity contribution in [2.45, 2.75) is 51.2 Å². The highest BCUT2D eigenvalue weighted by Crippen LogP contribution is 2.21. The third-order valence-corrected chi connectivity index (χ3v) is 3.51. The Morgan fingerprint density at radius 3 is 3.00 bits per heavy atom. The van der Waals surface area contributed by atoms with E-state index in [0.717, 1.165) is 13.2 Å². The number of hydrogen-bond acceptors (Lipinski definition) is 2. The van der Waals surface area contributed by atoms with Crippen LogP contribution < -0.4 is 0 Å². The lowest BCUT2D eigenvalue weighted by atomic mass is 9.98. The van der Waals surface area contributed by atoms with Crippen molar-refractivity contribution < 1.29 is 4.74 Å². The van der Waals surface area contributed by atoms with Gasteiger partial charge in [0.05, 0.1) is 6.10 Å². The molecule has 2 atom stereocenters. The third-order valence-electron chi connectivity index (χ3n) is 3.51. The number of piperidine rings is 1. The van der Waals surface area contributed by atoms with Crippen molar-refractivity contribution in [3.63, 3.8) is 0 Å². The number of likely N-dealkylation sites (tertiary alicyclic amines) is 1. The molecule has 2 nitrogen and oxygen atoms in total. The summed E-state index contributed by atoms with van der Waals surface area (Å²) < 4.78 is 5.74. The van der Waals surface area contributed by atoms with Crippen LogP contribution in [0.3, 0.4) is 0 Å². The zero-order chi connectivity index (χ0) is 10.5. The van der Waals surface area contributed by atoms with Gasteiger partial charge in [-0.1, -0.05) is 12.2 Å². The second kappa shape index (κ2) is 5.66. The van der Waals surface area contributed by atoms with Gasteiger partial charge in [0.15, 0.2) is 0 Å². The van der Waals surface area contributed by atoms with Gasteiger partial charge in [0, 0.05) is 19.2 Å². The van der Waals surface area contributed by atoms with Crippen molar-refractivity contribution >= 4 is 0 Å². The molecule has 0 N–H and O–H groups in total. The van der Waals surface area contributed by atoms with Crippen molar-refractivity contribution in [2.75, 3.05) is 19.7 Å². The molecule has 0 aromatic heterocycles. The molecule has 0 aromatic carbocycles. The van der Waals surface area contributed by atoms with Gasteiger partial charge in [-0.25, -0.2) is 0 Å². The third kappa shape index (κ3) is 3.05. The van der Waals surface area contributed by atoms with Gasteiger partial charge in [0.1, 0.15) is 0 Å². The van der Waals surface area contributed by atoms with Crippen LogP contribution in [0.15, 0.2) is 12.2 Å². The van der Waals surface area contributed by atoms with Crippen molar-refractivity contribution in [1.29, 1.82) is 0 Å². The van der Waals surface area contributed by atoms with Crippen molar-refractivity contribution in [3.8, 4) is 0 Å². The van der Waals surface area contributed by atoms with E-state index in [1.807, 2.05) is 0 Å². The first kappa shape index (κ1) is 11.2. The van der Waals surface area contributed by atoms with Gasteiger partial charge in [0.25, 0.3) is 0 Å². The average molecular weight is 209 g/mol.